The molecular weight excluding hydrogens is 681 g/mol. The molecule has 1 aliphatic rings. The lowest BCUT2D eigenvalue weighted by Crippen LogP contribution is -2.53. The van der Waals surface area contributed by atoms with E-state index in [2.05, 4.69) is 5.32 Å². The maximum atomic E-state index is 14.6. The normalized spacial score (nSPS) is 13.8. The predicted octanol–water partition coefficient (Wildman–Crippen LogP) is 6.09. The predicted molar refractivity (Wildman–Crippen MR) is 185 cm³/mol. The van der Waals surface area contributed by atoms with Crippen LogP contribution in [0.5, 0.6) is 23.0 Å². The van der Waals surface area contributed by atoms with Crippen LogP contribution in [0.15, 0.2) is 59.5 Å². The van der Waals surface area contributed by atoms with E-state index in [4.69, 9.17) is 42.1 Å². The minimum atomic E-state index is -4.50. The minimum absolute atomic E-state index is 0.00428. The van der Waals surface area contributed by atoms with E-state index in [1.807, 2.05) is 0 Å². The van der Waals surface area contributed by atoms with Crippen molar-refractivity contribution in [3.8, 4) is 23.0 Å². The Morgan fingerprint density at radius 1 is 0.875 bits per heavy atom. The van der Waals surface area contributed by atoms with E-state index in [0.29, 0.717) is 27.1 Å². The number of halogens is 2. The van der Waals surface area contributed by atoms with Crippen molar-refractivity contribution in [2.75, 3.05) is 39.3 Å². The molecule has 0 unspecified atom stereocenters. The van der Waals surface area contributed by atoms with E-state index in [1.165, 1.54) is 57.6 Å². The molecule has 0 heterocycles. The van der Waals surface area contributed by atoms with E-state index >= 15 is 0 Å². The summed E-state index contributed by atoms with van der Waals surface area (Å²) >= 11 is 13.1. The van der Waals surface area contributed by atoms with Gasteiger partial charge in [-0.15, -0.1) is 0 Å². The van der Waals surface area contributed by atoms with E-state index in [-0.39, 0.29) is 47.0 Å². The summed E-state index contributed by atoms with van der Waals surface area (Å²) in [6.07, 6.45) is 3.95. The molecule has 3 aromatic carbocycles. The monoisotopic (exact) mass is 721 g/mol. The van der Waals surface area contributed by atoms with Crippen LogP contribution in [-0.4, -0.2) is 72.2 Å². The van der Waals surface area contributed by atoms with E-state index in [1.54, 1.807) is 37.3 Å². The number of nitrogens with zero attached hydrogens (tertiary/aromatic N) is 2. The molecule has 0 spiro atoms. The first kappa shape index (κ1) is 37.0. The van der Waals surface area contributed by atoms with E-state index in [0.717, 1.165) is 30.0 Å². The maximum Gasteiger partial charge on any atom is 0.265 e. The fraction of sp³-hybridized carbons (Fsp3) is 0.412. The molecule has 0 aromatic heterocycles. The molecular formula is C34H41Cl2N3O8S. The Bertz CT molecular complexity index is 1700. The summed E-state index contributed by atoms with van der Waals surface area (Å²) in [6.45, 7) is 0.930. The SMILES string of the molecule is CC[C@H](C(=O)NC1CCCC1)N(Cc1c(Cl)cccc1Cl)C(=O)CN(c1cc(OC)ccc1OC)S(=O)(=O)c1ccc(OC)c(OC)c1. The van der Waals surface area contributed by atoms with Crippen LogP contribution in [0.4, 0.5) is 5.69 Å². The van der Waals surface area contributed by atoms with Gasteiger partial charge >= 0.3 is 0 Å². The van der Waals surface area contributed by atoms with Crippen LogP contribution >= 0.6 is 23.2 Å². The van der Waals surface area contributed by atoms with Gasteiger partial charge in [-0.3, -0.25) is 13.9 Å². The third kappa shape index (κ3) is 8.22. The highest BCUT2D eigenvalue weighted by molar-refractivity contribution is 7.92. The van der Waals surface area contributed by atoms with Crippen LogP contribution in [0.3, 0.4) is 0 Å². The molecule has 1 fully saturated rings. The summed E-state index contributed by atoms with van der Waals surface area (Å²) in [5.41, 5.74) is 0.466. The Balaban J connectivity index is 1.85. The van der Waals surface area contributed by atoms with Gasteiger partial charge in [-0.1, -0.05) is 49.0 Å². The molecule has 0 aliphatic heterocycles. The van der Waals surface area contributed by atoms with Gasteiger partial charge in [0, 0.05) is 40.3 Å². The van der Waals surface area contributed by atoms with Crippen LogP contribution in [0.2, 0.25) is 10.0 Å². The molecule has 1 N–H and O–H groups in total. The van der Waals surface area contributed by atoms with Gasteiger partial charge in [0.2, 0.25) is 11.8 Å². The first-order valence-corrected chi connectivity index (χ1v) is 17.7. The van der Waals surface area contributed by atoms with Crippen molar-refractivity contribution < 1.29 is 37.0 Å². The van der Waals surface area contributed by atoms with Gasteiger partial charge in [-0.2, -0.15) is 0 Å². The Morgan fingerprint density at radius 2 is 1.50 bits per heavy atom. The summed E-state index contributed by atoms with van der Waals surface area (Å²) in [5.74, 6) is -0.0262. The number of nitrogens with one attached hydrogen (secondary N) is 1. The van der Waals surface area contributed by atoms with E-state index in [9.17, 15) is 18.0 Å². The number of ether oxygens (including phenoxy) is 4. The molecule has 1 atom stereocenters. The number of hydrogen-bond donors (Lipinski definition) is 1. The fourth-order valence-electron chi connectivity index (χ4n) is 5.75. The number of carbonyl (C=O) groups excluding carboxylic acids is 2. The number of anilines is 1. The first-order valence-electron chi connectivity index (χ1n) is 15.5. The third-order valence-corrected chi connectivity index (χ3v) is 10.8. The summed E-state index contributed by atoms with van der Waals surface area (Å²) in [4.78, 5) is 29.5. The zero-order chi connectivity index (χ0) is 35.0. The first-order chi connectivity index (χ1) is 23.0. The highest BCUT2D eigenvalue weighted by Crippen LogP contribution is 2.38. The molecule has 3 aromatic rings. The van der Waals surface area contributed by atoms with Crippen molar-refractivity contribution in [3.63, 3.8) is 0 Å². The van der Waals surface area contributed by atoms with Crippen molar-refractivity contribution in [2.24, 2.45) is 0 Å². The lowest BCUT2D eigenvalue weighted by atomic mass is 10.1. The quantitative estimate of drug-likeness (QED) is 0.200. The molecule has 2 amide bonds. The molecule has 4 rings (SSSR count). The number of hydrogen-bond acceptors (Lipinski definition) is 8. The molecule has 11 nitrogen and oxygen atoms in total. The topological polar surface area (TPSA) is 124 Å². The van der Waals surface area contributed by atoms with Crippen LogP contribution in [-0.2, 0) is 26.2 Å². The zero-order valence-electron chi connectivity index (χ0n) is 27.6. The number of amides is 2. The lowest BCUT2D eigenvalue weighted by Gasteiger charge is -2.34. The average Bonchev–Trinajstić information content (AvgIpc) is 3.60. The smallest absolute Gasteiger partial charge is 0.265 e. The third-order valence-electron chi connectivity index (χ3n) is 8.35. The largest absolute Gasteiger partial charge is 0.497 e. The summed E-state index contributed by atoms with van der Waals surface area (Å²) in [7, 11) is 1.16. The maximum absolute atomic E-state index is 14.6. The molecule has 0 bridgehead atoms. The van der Waals surface area contributed by atoms with Crippen molar-refractivity contribution in [1.29, 1.82) is 0 Å². The van der Waals surface area contributed by atoms with Gasteiger partial charge in [0.05, 0.1) is 39.0 Å². The summed E-state index contributed by atoms with van der Waals surface area (Å²) in [6, 6.07) is 12.7. The highest BCUT2D eigenvalue weighted by atomic mass is 35.5. The molecule has 0 radical (unpaired) electrons. The van der Waals surface area contributed by atoms with Crippen molar-refractivity contribution >= 4 is 50.7 Å². The van der Waals surface area contributed by atoms with Gasteiger partial charge in [0.25, 0.3) is 10.0 Å². The van der Waals surface area contributed by atoms with Crippen LogP contribution in [0.25, 0.3) is 0 Å². The van der Waals surface area contributed by atoms with Gasteiger partial charge in [-0.25, -0.2) is 8.42 Å². The van der Waals surface area contributed by atoms with E-state index < -0.39 is 28.5 Å². The fourth-order valence-corrected chi connectivity index (χ4v) is 7.70. The summed E-state index contributed by atoms with van der Waals surface area (Å²) in [5, 5.41) is 3.69. The lowest BCUT2D eigenvalue weighted by molar-refractivity contribution is -0.140. The Hall–Kier alpha value is -3.87. The number of methoxy groups -OCH3 is 4. The molecule has 1 aliphatic carbocycles. The second-order valence-electron chi connectivity index (χ2n) is 11.2. The number of rotatable bonds is 15. The second kappa shape index (κ2) is 16.5. The van der Waals surface area contributed by atoms with Crippen LogP contribution < -0.4 is 28.6 Å². The van der Waals surface area contributed by atoms with Gasteiger partial charge < -0.3 is 29.2 Å². The Kier molecular flexibility index (Phi) is 12.7. The van der Waals surface area contributed by atoms with Crippen LogP contribution in [0, 0.1) is 0 Å². The second-order valence-corrected chi connectivity index (χ2v) is 13.9. The average molecular weight is 723 g/mol. The van der Waals surface area contributed by atoms with Crippen molar-refractivity contribution in [2.45, 2.75) is 62.6 Å². The molecule has 1 saturated carbocycles. The minimum Gasteiger partial charge on any atom is -0.497 e. The molecule has 0 saturated heterocycles. The van der Waals surface area contributed by atoms with Gasteiger partial charge in [0.1, 0.15) is 24.1 Å². The van der Waals surface area contributed by atoms with Crippen LogP contribution in [0.1, 0.15) is 44.6 Å². The zero-order valence-corrected chi connectivity index (χ0v) is 30.0. The molecule has 260 valence electrons. The number of benzene rings is 3. The van der Waals surface area contributed by atoms with Crippen molar-refractivity contribution in [1.82, 2.24) is 10.2 Å². The number of carbonyl (C=O) groups is 2. The van der Waals surface area contributed by atoms with Gasteiger partial charge in [-0.05, 0) is 55.7 Å². The Labute approximate surface area is 292 Å². The standard InChI is InChI=1S/C34H41Cl2N3O8S/c1-6-28(34(41)37-22-10-7-8-11-22)38(20-25-26(35)12-9-13-27(25)36)33(40)21-39(29-18-23(44-2)14-16-30(29)45-3)48(42,43)24-15-17-31(46-4)32(19-24)47-5/h9,12-19,22,28H,6-8,10-11,20-21H2,1-5H3,(H,37,41)/t28-/m1/s1. The molecule has 48 heavy (non-hydrogen) atoms. The van der Waals surface area contributed by atoms with Crippen molar-refractivity contribution in [3.05, 3.63) is 70.2 Å². The summed E-state index contributed by atoms with van der Waals surface area (Å²) < 4.78 is 51.7. The molecule has 14 heteroatoms. The Morgan fingerprint density at radius 3 is 2.08 bits per heavy atom. The number of sulfonamides is 1. The highest BCUT2D eigenvalue weighted by Gasteiger charge is 2.36. The van der Waals surface area contributed by atoms with Gasteiger partial charge in [0.15, 0.2) is 11.5 Å².